The first-order chi connectivity index (χ1) is 8.45. The van der Waals surface area contributed by atoms with Crippen LogP contribution in [0.2, 0.25) is 15.1 Å². The molecule has 1 rings (SSSR count). The Morgan fingerprint density at radius 1 is 1.28 bits per heavy atom. The monoisotopic (exact) mass is 312 g/mol. The predicted octanol–water partition coefficient (Wildman–Crippen LogP) is 2.95. The topological polar surface area (TPSA) is 55.8 Å². The van der Waals surface area contributed by atoms with Crippen molar-refractivity contribution < 1.29 is 19.4 Å². The molecule has 0 heterocycles. The van der Waals surface area contributed by atoms with Gasteiger partial charge in [-0.25, -0.2) is 4.79 Å². The highest BCUT2D eigenvalue weighted by Gasteiger charge is 2.18. The molecule has 7 heteroatoms. The van der Waals surface area contributed by atoms with Crippen molar-refractivity contribution >= 4 is 40.8 Å². The summed E-state index contributed by atoms with van der Waals surface area (Å²) in [5.74, 6) is -0.370. The van der Waals surface area contributed by atoms with E-state index in [4.69, 9.17) is 49.4 Å². The minimum absolute atomic E-state index is 0.0817. The van der Waals surface area contributed by atoms with E-state index >= 15 is 0 Å². The van der Waals surface area contributed by atoms with Crippen molar-refractivity contribution in [2.75, 3.05) is 13.2 Å². The first-order valence-corrected chi connectivity index (χ1v) is 6.17. The summed E-state index contributed by atoms with van der Waals surface area (Å²) in [5, 5.41) is 9.33. The first-order valence-electron chi connectivity index (χ1n) is 5.04. The SMILES string of the molecule is CC(Oc1cc(Cl)c(Cl)cc1Cl)C(=O)OCCO. The quantitative estimate of drug-likeness (QED) is 0.671. The van der Waals surface area contributed by atoms with Crippen LogP contribution in [0, 0.1) is 0 Å². The Kier molecular flexibility index (Phi) is 6.02. The largest absolute Gasteiger partial charge is 0.477 e. The van der Waals surface area contributed by atoms with Crippen molar-refractivity contribution in [3.8, 4) is 5.75 Å². The van der Waals surface area contributed by atoms with E-state index in [-0.39, 0.29) is 29.0 Å². The predicted molar refractivity (Wildman–Crippen MR) is 69.6 cm³/mol. The summed E-state index contributed by atoms with van der Waals surface area (Å²) in [7, 11) is 0. The molecule has 0 fully saturated rings. The smallest absolute Gasteiger partial charge is 0.347 e. The molecule has 1 aromatic carbocycles. The van der Waals surface area contributed by atoms with E-state index in [0.29, 0.717) is 5.02 Å². The van der Waals surface area contributed by atoms with E-state index in [9.17, 15) is 4.79 Å². The van der Waals surface area contributed by atoms with Crippen LogP contribution in [0.25, 0.3) is 0 Å². The molecule has 4 nitrogen and oxygen atoms in total. The lowest BCUT2D eigenvalue weighted by atomic mass is 10.3. The summed E-state index contributed by atoms with van der Waals surface area (Å²) in [5.41, 5.74) is 0. The van der Waals surface area contributed by atoms with E-state index in [2.05, 4.69) is 0 Å². The maximum absolute atomic E-state index is 11.4. The van der Waals surface area contributed by atoms with E-state index in [1.165, 1.54) is 19.1 Å². The molecule has 1 aromatic rings. The van der Waals surface area contributed by atoms with Crippen LogP contribution in [0.1, 0.15) is 6.92 Å². The van der Waals surface area contributed by atoms with E-state index in [1.54, 1.807) is 0 Å². The number of hydrogen-bond donors (Lipinski definition) is 1. The maximum Gasteiger partial charge on any atom is 0.347 e. The van der Waals surface area contributed by atoms with Gasteiger partial charge in [-0.05, 0) is 13.0 Å². The van der Waals surface area contributed by atoms with Crippen LogP contribution in [0.3, 0.4) is 0 Å². The molecule has 18 heavy (non-hydrogen) atoms. The number of hydrogen-bond acceptors (Lipinski definition) is 4. The number of benzene rings is 1. The van der Waals surface area contributed by atoms with Gasteiger partial charge in [0.1, 0.15) is 12.4 Å². The first kappa shape index (κ1) is 15.4. The van der Waals surface area contributed by atoms with Crippen molar-refractivity contribution in [2.45, 2.75) is 13.0 Å². The molecule has 0 amide bonds. The number of halogens is 3. The molecule has 0 radical (unpaired) electrons. The zero-order valence-corrected chi connectivity index (χ0v) is 11.7. The second-order valence-electron chi connectivity index (χ2n) is 3.35. The van der Waals surface area contributed by atoms with Crippen LogP contribution >= 0.6 is 34.8 Å². The standard InChI is InChI=1S/C11H11Cl3O4/c1-6(11(16)17-3-2-15)18-10-5-8(13)7(12)4-9(10)14/h4-6,15H,2-3H2,1H3. The van der Waals surface area contributed by atoms with Gasteiger partial charge in [0, 0.05) is 6.07 Å². The van der Waals surface area contributed by atoms with Crippen LogP contribution in [-0.4, -0.2) is 30.4 Å². The Labute approximate surface area is 119 Å². The van der Waals surface area contributed by atoms with Gasteiger partial charge in [-0.1, -0.05) is 34.8 Å². The highest BCUT2D eigenvalue weighted by molar-refractivity contribution is 6.43. The van der Waals surface area contributed by atoms with Crippen molar-refractivity contribution in [2.24, 2.45) is 0 Å². The number of carbonyl (C=O) groups excluding carboxylic acids is 1. The molecule has 1 N–H and O–H groups in total. The zero-order valence-electron chi connectivity index (χ0n) is 9.45. The summed E-state index contributed by atoms with van der Waals surface area (Å²) in [6.07, 6.45) is -0.869. The third-order valence-corrected chi connectivity index (χ3v) is 2.96. The number of carbonyl (C=O) groups is 1. The molecule has 0 aromatic heterocycles. The van der Waals surface area contributed by atoms with E-state index < -0.39 is 12.1 Å². The van der Waals surface area contributed by atoms with Gasteiger partial charge in [0.25, 0.3) is 0 Å². The van der Waals surface area contributed by atoms with Gasteiger partial charge in [0.2, 0.25) is 0 Å². The summed E-state index contributed by atoms with van der Waals surface area (Å²) < 4.78 is 10.0. The molecular formula is C11H11Cl3O4. The lowest BCUT2D eigenvalue weighted by Crippen LogP contribution is -2.27. The van der Waals surface area contributed by atoms with Crippen molar-refractivity contribution in [1.29, 1.82) is 0 Å². The molecule has 0 spiro atoms. The van der Waals surface area contributed by atoms with Gasteiger partial charge in [0.15, 0.2) is 6.10 Å². The van der Waals surface area contributed by atoms with Gasteiger partial charge in [0.05, 0.1) is 21.7 Å². The van der Waals surface area contributed by atoms with Gasteiger partial charge < -0.3 is 14.6 Å². The molecule has 0 aliphatic carbocycles. The zero-order chi connectivity index (χ0) is 13.7. The van der Waals surface area contributed by atoms with Gasteiger partial charge >= 0.3 is 5.97 Å². The molecule has 0 aliphatic rings. The third-order valence-electron chi connectivity index (χ3n) is 1.95. The van der Waals surface area contributed by atoms with Crippen LogP contribution in [0.15, 0.2) is 12.1 Å². The Bertz CT molecular complexity index is 437. The summed E-state index contributed by atoms with van der Waals surface area (Å²) >= 11 is 17.5. The Hall–Kier alpha value is -0.680. The maximum atomic E-state index is 11.4. The Balaban J connectivity index is 2.72. The fourth-order valence-corrected chi connectivity index (χ4v) is 1.68. The van der Waals surface area contributed by atoms with Gasteiger partial charge in [-0.3, -0.25) is 0 Å². The molecular weight excluding hydrogens is 302 g/mol. The lowest BCUT2D eigenvalue weighted by molar-refractivity contribution is -0.152. The summed E-state index contributed by atoms with van der Waals surface area (Å²) in [6.45, 7) is 1.17. The molecule has 0 aliphatic heterocycles. The Morgan fingerprint density at radius 2 is 1.89 bits per heavy atom. The second-order valence-corrected chi connectivity index (χ2v) is 4.57. The van der Waals surface area contributed by atoms with Crippen molar-refractivity contribution in [3.63, 3.8) is 0 Å². The molecule has 1 atom stereocenters. The number of aliphatic hydroxyl groups is 1. The van der Waals surface area contributed by atoms with Crippen LogP contribution in [0.5, 0.6) is 5.75 Å². The average Bonchev–Trinajstić information content (AvgIpc) is 2.32. The fraction of sp³-hybridized carbons (Fsp3) is 0.364. The minimum atomic E-state index is -0.869. The Morgan fingerprint density at radius 3 is 2.50 bits per heavy atom. The highest BCUT2D eigenvalue weighted by Crippen LogP contribution is 2.34. The molecule has 1 unspecified atom stereocenters. The summed E-state index contributed by atoms with van der Waals surface area (Å²) in [4.78, 5) is 11.4. The van der Waals surface area contributed by atoms with Gasteiger partial charge in [-0.15, -0.1) is 0 Å². The number of aliphatic hydroxyl groups excluding tert-OH is 1. The fourth-order valence-electron chi connectivity index (χ4n) is 1.10. The lowest BCUT2D eigenvalue weighted by Gasteiger charge is -2.15. The highest BCUT2D eigenvalue weighted by atomic mass is 35.5. The molecule has 0 bridgehead atoms. The molecule has 100 valence electrons. The van der Waals surface area contributed by atoms with E-state index in [1.807, 2.05) is 0 Å². The molecule has 0 saturated carbocycles. The number of esters is 1. The average molecular weight is 314 g/mol. The van der Waals surface area contributed by atoms with Crippen molar-refractivity contribution in [1.82, 2.24) is 0 Å². The minimum Gasteiger partial charge on any atom is -0.477 e. The van der Waals surface area contributed by atoms with Gasteiger partial charge in [-0.2, -0.15) is 0 Å². The third kappa shape index (κ3) is 4.21. The normalized spacial score (nSPS) is 12.1. The summed E-state index contributed by atoms with van der Waals surface area (Å²) in [6, 6.07) is 2.84. The number of rotatable bonds is 5. The van der Waals surface area contributed by atoms with E-state index in [0.717, 1.165) is 0 Å². The van der Waals surface area contributed by atoms with Crippen molar-refractivity contribution in [3.05, 3.63) is 27.2 Å². The molecule has 0 saturated heterocycles. The van der Waals surface area contributed by atoms with Crippen LogP contribution in [-0.2, 0) is 9.53 Å². The number of ether oxygens (including phenoxy) is 2. The second kappa shape index (κ2) is 7.04. The van der Waals surface area contributed by atoms with Crippen LogP contribution < -0.4 is 4.74 Å². The van der Waals surface area contributed by atoms with Crippen LogP contribution in [0.4, 0.5) is 0 Å².